The maximum Gasteiger partial charge on any atom is 0.409 e. The first kappa shape index (κ1) is 21.7. The molecule has 0 saturated heterocycles. The fourth-order valence-electron chi connectivity index (χ4n) is 2.77. The third-order valence-electron chi connectivity index (χ3n) is 4.27. The molecule has 6 heteroatoms. The van der Waals surface area contributed by atoms with E-state index in [9.17, 15) is 13.2 Å². The number of carbonyl (C=O) groups is 1. The summed E-state index contributed by atoms with van der Waals surface area (Å²) in [6, 6.07) is 14.8. The molecule has 2 aromatic carbocycles. The number of rotatable bonds is 7. The minimum absolute atomic E-state index is 0.0688. The highest BCUT2D eigenvalue weighted by Gasteiger charge is 2.23. The van der Waals surface area contributed by atoms with Gasteiger partial charge in [0.25, 0.3) is 5.91 Å². The summed E-state index contributed by atoms with van der Waals surface area (Å²) in [4.78, 5) is 12.4. The monoisotopic (exact) mass is 401 g/mol. The van der Waals surface area contributed by atoms with Gasteiger partial charge >= 0.3 is 10.3 Å². The summed E-state index contributed by atoms with van der Waals surface area (Å²) in [5, 5.41) is 0. The van der Waals surface area contributed by atoms with E-state index in [1.165, 1.54) is 0 Å². The average molecular weight is 402 g/mol. The highest BCUT2D eigenvalue weighted by atomic mass is 32.2. The summed E-state index contributed by atoms with van der Waals surface area (Å²) in [6.07, 6.45) is 1.62. The number of hydrogen-bond donors (Lipinski definition) is 1. The minimum atomic E-state index is -4.32. The van der Waals surface area contributed by atoms with Crippen molar-refractivity contribution < 1.29 is 17.4 Å². The molecule has 1 amide bonds. The lowest BCUT2D eigenvalue weighted by molar-refractivity contribution is -0.115. The van der Waals surface area contributed by atoms with Crippen LogP contribution in [-0.4, -0.2) is 14.3 Å². The number of amides is 1. The van der Waals surface area contributed by atoms with Crippen molar-refractivity contribution in [2.45, 2.75) is 46.5 Å². The molecule has 0 bridgehead atoms. The van der Waals surface area contributed by atoms with Crippen molar-refractivity contribution in [1.82, 2.24) is 4.72 Å². The van der Waals surface area contributed by atoms with Crippen LogP contribution in [0, 0.1) is 0 Å². The molecule has 2 rings (SSSR count). The predicted octanol–water partition coefficient (Wildman–Crippen LogP) is 4.78. The van der Waals surface area contributed by atoms with Crippen LogP contribution in [0.4, 0.5) is 0 Å². The molecule has 2 aromatic rings. The smallest absolute Gasteiger partial charge is 0.366 e. The third-order valence-corrected chi connectivity index (χ3v) is 5.09. The van der Waals surface area contributed by atoms with Crippen molar-refractivity contribution in [1.29, 1.82) is 0 Å². The maximum atomic E-state index is 12.5. The maximum absolute atomic E-state index is 12.5. The molecule has 28 heavy (non-hydrogen) atoms. The molecule has 1 N–H and O–H groups in total. The van der Waals surface area contributed by atoms with Gasteiger partial charge in [-0.15, -0.1) is 0 Å². The Hall–Kier alpha value is -2.60. The first-order chi connectivity index (χ1) is 13.1. The first-order valence-corrected chi connectivity index (χ1v) is 10.6. The second-order valence-corrected chi connectivity index (χ2v) is 8.56. The lowest BCUT2D eigenvalue weighted by Crippen LogP contribution is -2.35. The van der Waals surface area contributed by atoms with Crippen LogP contribution in [0.5, 0.6) is 5.75 Å². The summed E-state index contributed by atoms with van der Waals surface area (Å²) in [5.74, 6) is -0.298. The molecule has 0 fully saturated rings. The zero-order valence-electron chi connectivity index (χ0n) is 16.9. The zero-order chi connectivity index (χ0) is 20.9. The van der Waals surface area contributed by atoms with E-state index >= 15 is 0 Å². The number of hydrogen-bond acceptors (Lipinski definition) is 4. The van der Waals surface area contributed by atoms with E-state index in [-0.39, 0.29) is 23.2 Å². The Morgan fingerprint density at radius 3 is 1.96 bits per heavy atom. The van der Waals surface area contributed by atoms with Crippen molar-refractivity contribution in [2.24, 2.45) is 0 Å². The normalized spacial score (nSPS) is 12.3. The molecule has 0 spiro atoms. The lowest BCUT2D eigenvalue weighted by atomic mass is 9.94. The van der Waals surface area contributed by atoms with Crippen LogP contribution in [-0.2, 0) is 15.1 Å². The molecule has 0 atom stereocenters. The van der Waals surface area contributed by atoms with Gasteiger partial charge in [0.05, 0.1) is 0 Å². The van der Waals surface area contributed by atoms with Gasteiger partial charge < -0.3 is 4.18 Å². The molecule has 150 valence electrons. The van der Waals surface area contributed by atoms with E-state index in [0.29, 0.717) is 0 Å². The number of benzene rings is 2. The van der Waals surface area contributed by atoms with E-state index in [0.717, 1.165) is 16.7 Å². The quantitative estimate of drug-likeness (QED) is 0.678. The minimum Gasteiger partial charge on any atom is -0.366 e. The Morgan fingerprint density at radius 1 is 0.929 bits per heavy atom. The zero-order valence-corrected chi connectivity index (χ0v) is 17.7. The van der Waals surface area contributed by atoms with Crippen LogP contribution in [0.2, 0.25) is 0 Å². The van der Waals surface area contributed by atoms with Gasteiger partial charge in [-0.05, 0) is 41.5 Å². The van der Waals surface area contributed by atoms with Crippen molar-refractivity contribution in [3.05, 3.63) is 70.8 Å². The van der Waals surface area contributed by atoms with Crippen molar-refractivity contribution in [3.8, 4) is 5.75 Å². The number of para-hydroxylation sites is 1. The third kappa shape index (κ3) is 5.70. The van der Waals surface area contributed by atoms with Gasteiger partial charge in [0.15, 0.2) is 5.75 Å². The molecule has 0 saturated carbocycles. The Balaban J connectivity index is 2.27. The number of carbonyl (C=O) groups excluding carboxylic acids is 1. The van der Waals surface area contributed by atoms with Crippen LogP contribution in [0.1, 0.15) is 63.1 Å². The summed E-state index contributed by atoms with van der Waals surface area (Å²) in [6.45, 7) is 9.41. The molecule has 0 radical (unpaired) electrons. The molecule has 0 heterocycles. The molecule has 5 nitrogen and oxygen atoms in total. The van der Waals surface area contributed by atoms with Gasteiger partial charge in [0.2, 0.25) is 0 Å². The predicted molar refractivity (Wildman–Crippen MR) is 112 cm³/mol. The van der Waals surface area contributed by atoms with Gasteiger partial charge in [0, 0.05) is 5.57 Å². The Morgan fingerprint density at radius 2 is 1.46 bits per heavy atom. The first-order valence-electron chi connectivity index (χ1n) is 9.23. The van der Waals surface area contributed by atoms with Crippen molar-refractivity contribution >= 4 is 22.3 Å². The Labute approximate surface area is 167 Å². The Bertz CT molecular complexity index is 935. The van der Waals surface area contributed by atoms with E-state index < -0.39 is 16.2 Å². The molecule has 0 aliphatic rings. The van der Waals surface area contributed by atoms with Crippen LogP contribution in [0.3, 0.4) is 0 Å². The molecule has 0 aliphatic carbocycles. The average Bonchev–Trinajstić information content (AvgIpc) is 2.61. The van der Waals surface area contributed by atoms with Crippen molar-refractivity contribution in [2.75, 3.05) is 0 Å². The van der Waals surface area contributed by atoms with Gasteiger partial charge in [-0.3, -0.25) is 4.79 Å². The number of nitrogens with one attached hydrogen (secondary N) is 1. The molecule has 0 aromatic heterocycles. The Kier molecular flexibility index (Phi) is 7.02. The van der Waals surface area contributed by atoms with Gasteiger partial charge in [-0.1, -0.05) is 76.2 Å². The second-order valence-electron chi connectivity index (χ2n) is 7.28. The van der Waals surface area contributed by atoms with E-state index in [1.807, 2.05) is 80.9 Å². The summed E-state index contributed by atoms with van der Waals surface area (Å²) < 4.78 is 32.4. The van der Waals surface area contributed by atoms with Gasteiger partial charge in [-0.2, -0.15) is 8.42 Å². The summed E-state index contributed by atoms with van der Waals surface area (Å²) in [7, 11) is -4.32. The van der Waals surface area contributed by atoms with Crippen LogP contribution in [0.15, 0.2) is 54.1 Å². The lowest BCUT2D eigenvalue weighted by Gasteiger charge is -2.19. The highest BCUT2D eigenvalue weighted by Crippen LogP contribution is 2.35. The van der Waals surface area contributed by atoms with Crippen molar-refractivity contribution in [3.63, 3.8) is 0 Å². The van der Waals surface area contributed by atoms with Crippen LogP contribution in [0.25, 0.3) is 6.08 Å². The van der Waals surface area contributed by atoms with E-state index in [2.05, 4.69) is 0 Å². The van der Waals surface area contributed by atoms with Gasteiger partial charge in [0.1, 0.15) is 0 Å². The molecular formula is C22H27NO4S. The molecule has 0 unspecified atom stereocenters. The summed E-state index contributed by atoms with van der Waals surface area (Å²) in [5.41, 5.74) is 2.63. The SMILES string of the molecule is CC(=Cc1ccccc1)C(=O)NS(=O)(=O)Oc1c(C(C)C)cccc1C(C)C. The van der Waals surface area contributed by atoms with Gasteiger partial charge in [-0.25, -0.2) is 4.72 Å². The summed E-state index contributed by atoms with van der Waals surface area (Å²) >= 11 is 0. The van der Waals surface area contributed by atoms with Crippen LogP contribution < -0.4 is 8.91 Å². The van der Waals surface area contributed by atoms with Crippen LogP contribution >= 0.6 is 0 Å². The fraction of sp³-hybridized carbons (Fsp3) is 0.318. The fourth-order valence-corrected chi connectivity index (χ4v) is 3.61. The topological polar surface area (TPSA) is 72.5 Å². The molecule has 0 aliphatic heterocycles. The highest BCUT2D eigenvalue weighted by molar-refractivity contribution is 7.85. The molecular weight excluding hydrogens is 374 g/mol. The van der Waals surface area contributed by atoms with E-state index in [1.54, 1.807) is 13.0 Å². The largest absolute Gasteiger partial charge is 0.409 e. The van der Waals surface area contributed by atoms with E-state index in [4.69, 9.17) is 4.18 Å². The second kappa shape index (κ2) is 9.06. The standard InChI is InChI=1S/C22H27NO4S/c1-15(2)19-12-9-13-20(16(3)4)21(19)27-28(25,26)23-22(24)17(5)14-18-10-7-6-8-11-18/h6-16H,1-5H3,(H,23,24).